The van der Waals surface area contributed by atoms with Crippen LogP contribution in [0.5, 0.6) is 0 Å². The molecule has 6 heteroatoms. The van der Waals surface area contributed by atoms with Gasteiger partial charge in [0, 0.05) is 25.1 Å². The van der Waals surface area contributed by atoms with Gasteiger partial charge in [-0.1, -0.05) is 18.2 Å². The molecule has 6 nitrogen and oxygen atoms in total. The maximum atomic E-state index is 12.1. The van der Waals surface area contributed by atoms with Crippen molar-refractivity contribution in [3.8, 4) is 0 Å². The SMILES string of the molecule is CCN(C(=O)NC(=O)CCCC(=O)O)c1ccccc1C. The lowest BCUT2D eigenvalue weighted by atomic mass is 10.2. The van der Waals surface area contributed by atoms with Gasteiger partial charge in [-0.15, -0.1) is 0 Å². The lowest BCUT2D eigenvalue weighted by Gasteiger charge is -2.22. The lowest BCUT2D eigenvalue weighted by Crippen LogP contribution is -2.43. The fourth-order valence-corrected chi connectivity index (χ4v) is 1.94. The Morgan fingerprint density at radius 1 is 1.19 bits per heavy atom. The molecule has 0 aliphatic carbocycles. The Balaban J connectivity index is 2.62. The van der Waals surface area contributed by atoms with Crippen molar-refractivity contribution in [2.75, 3.05) is 11.4 Å². The fourth-order valence-electron chi connectivity index (χ4n) is 1.94. The summed E-state index contributed by atoms with van der Waals surface area (Å²) in [6.07, 6.45) is 0.144. The number of nitrogens with zero attached hydrogens (tertiary/aromatic N) is 1. The molecule has 1 rings (SSSR count). The number of nitrogens with one attached hydrogen (secondary N) is 1. The highest BCUT2D eigenvalue weighted by molar-refractivity contribution is 6.03. The molecule has 1 aromatic rings. The van der Waals surface area contributed by atoms with E-state index in [1.165, 1.54) is 4.90 Å². The van der Waals surface area contributed by atoms with E-state index in [1.54, 1.807) is 0 Å². The summed E-state index contributed by atoms with van der Waals surface area (Å²) in [6.45, 7) is 4.14. The van der Waals surface area contributed by atoms with Gasteiger partial charge in [0.2, 0.25) is 5.91 Å². The Bertz CT molecular complexity index is 528. The van der Waals surface area contributed by atoms with Gasteiger partial charge in [0.1, 0.15) is 0 Å². The molecule has 0 unspecified atom stereocenters. The van der Waals surface area contributed by atoms with E-state index in [-0.39, 0.29) is 19.3 Å². The van der Waals surface area contributed by atoms with Crippen molar-refractivity contribution < 1.29 is 19.5 Å². The number of aliphatic carboxylic acids is 1. The zero-order valence-corrected chi connectivity index (χ0v) is 12.3. The van der Waals surface area contributed by atoms with Crippen molar-refractivity contribution in [1.29, 1.82) is 0 Å². The number of carboxylic acid groups (broad SMARTS) is 1. The molecule has 0 aliphatic heterocycles. The Kier molecular flexibility index (Phi) is 6.39. The van der Waals surface area contributed by atoms with Crippen LogP contribution in [0.2, 0.25) is 0 Å². The number of aryl methyl sites for hydroxylation is 1. The number of carboxylic acids is 1. The van der Waals surface area contributed by atoms with Gasteiger partial charge in [-0.2, -0.15) is 0 Å². The summed E-state index contributed by atoms with van der Waals surface area (Å²) < 4.78 is 0. The molecule has 0 bridgehead atoms. The number of amides is 3. The van der Waals surface area contributed by atoms with Crippen molar-refractivity contribution in [1.82, 2.24) is 5.32 Å². The van der Waals surface area contributed by atoms with Gasteiger partial charge in [-0.25, -0.2) is 4.79 Å². The van der Waals surface area contributed by atoms with E-state index >= 15 is 0 Å². The molecule has 21 heavy (non-hydrogen) atoms. The quantitative estimate of drug-likeness (QED) is 0.842. The minimum atomic E-state index is -0.954. The average Bonchev–Trinajstić information content (AvgIpc) is 2.41. The second-order valence-electron chi connectivity index (χ2n) is 4.63. The third-order valence-electron chi connectivity index (χ3n) is 3.01. The first kappa shape index (κ1) is 16.7. The molecule has 0 saturated carbocycles. The van der Waals surface area contributed by atoms with Crippen LogP contribution in [-0.4, -0.2) is 29.6 Å². The molecule has 1 aromatic carbocycles. The van der Waals surface area contributed by atoms with Gasteiger partial charge in [-0.05, 0) is 31.9 Å². The number of hydrogen-bond acceptors (Lipinski definition) is 3. The predicted molar refractivity (Wildman–Crippen MR) is 79.2 cm³/mol. The number of carbonyl (C=O) groups is 3. The van der Waals surface area contributed by atoms with Crippen LogP contribution in [0.25, 0.3) is 0 Å². The largest absolute Gasteiger partial charge is 0.481 e. The highest BCUT2D eigenvalue weighted by Gasteiger charge is 2.17. The van der Waals surface area contributed by atoms with Gasteiger partial charge in [0.15, 0.2) is 0 Å². The number of anilines is 1. The molecule has 0 aliphatic rings. The molecule has 0 saturated heterocycles. The van der Waals surface area contributed by atoms with Crippen molar-refractivity contribution in [3.05, 3.63) is 29.8 Å². The molecule has 3 amide bonds. The Hall–Kier alpha value is -2.37. The third-order valence-corrected chi connectivity index (χ3v) is 3.01. The van der Waals surface area contributed by atoms with Crippen LogP contribution in [-0.2, 0) is 9.59 Å². The summed E-state index contributed by atoms with van der Waals surface area (Å²) in [5.41, 5.74) is 1.68. The number of urea groups is 1. The number of carbonyl (C=O) groups excluding carboxylic acids is 2. The highest BCUT2D eigenvalue weighted by Crippen LogP contribution is 2.19. The van der Waals surface area contributed by atoms with Crippen molar-refractivity contribution in [3.63, 3.8) is 0 Å². The first-order chi connectivity index (χ1) is 9.95. The third kappa shape index (κ3) is 5.25. The van der Waals surface area contributed by atoms with E-state index in [1.807, 2.05) is 38.1 Å². The topological polar surface area (TPSA) is 86.7 Å². The Labute approximate surface area is 123 Å². The van der Waals surface area contributed by atoms with Gasteiger partial charge in [-0.3, -0.25) is 19.8 Å². The normalized spacial score (nSPS) is 10.0. The summed E-state index contributed by atoms with van der Waals surface area (Å²) in [6, 6.07) is 6.91. The number of benzene rings is 1. The van der Waals surface area contributed by atoms with Gasteiger partial charge < -0.3 is 5.11 Å². The van der Waals surface area contributed by atoms with Gasteiger partial charge >= 0.3 is 12.0 Å². The van der Waals surface area contributed by atoms with Crippen LogP contribution < -0.4 is 10.2 Å². The van der Waals surface area contributed by atoms with Gasteiger partial charge in [0.05, 0.1) is 0 Å². The Morgan fingerprint density at radius 3 is 2.43 bits per heavy atom. The summed E-state index contributed by atoms with van der Waals surface area (Å²) in [4.78, 5) is 35.6. The first-order valence-corrected chi connectivity index (χ1v) is 6.84. The molecule has 0 radical (unpaired) electrons. The second kappa shape index (κ2) is 8.04. The molecule has 0 heterocycles. The van der Waals surface area contributed by atoms with Crippen molar-refractivity contribution in [2.24, 2.45) is 0 Å². The van der Waals surface area contributed by atoms with Crippen LogP contribution >= 0.6 is 0 Å². The van der Waals surface area contributed by atoms with Crippen LogP contribution in [0.1, 0.15) is 31.7 Å². The van der Waals surface area contributed by atoms with Gasteiger partial charge in [0.25, 0.3) is 0 Å². The van der Waals surface area contributed by atoms with E-state index in [0.29, 0.717) is 6.54 Å². The smallest absolute Gasteiger partial charge is 0.328 e. The molecular weight excluding hydrogens is 272 g/mol. The summed E-state index contributed by atoms with van der Waals surface area (Å²) >= 11 is 0. The van der Waals surface area contributed by atoms with E-state index in [4.69, 9.17) is 5.11 Å². The maximum absolute atomic E-state index is 12.1. The fraction of sp³-hybridized carbons (Fsp3) is 0.400. The Morgan fingerprint density at radius 2 is 1.86 bits per heavy atom. The highest BCUT2D eigenvalue weighted by atomic mass is 16.4. The minimum absolute atomic E-state index is 0.0172. The second-order valence-corrected chi connectivity index (χ2v) is 4.63. The molecular formula is C15H20N2O4. The number of imide groups is 1. The van der Waals surface area contributed by atoms with E-state index in [0.717, 1.165) is 11.3 Å². The zero-order chi connectivity index (χ0) is 15.8. The predicted octanol–water partition coefficient (Wildman–Crippen LogP) is 2.31. The van der Waals surface area contributed by atoms with E-state index < -0.39 is 17.9 Å². The molecule has 0 spiro atoms. The van der Waals surface area contributed by atoms with Crippen molar-refractivity contribution in [2.45, 2.75) is 33.1 Å². The molecule has 0 atom stereocenters. The van der Waals surface area contributed by atoms with Crippen LogP contribution in [0.15, 0.2) is 24.3 Å². The zero-order valence-electron chi connectivity index (χ0n) is 12.3. The first-order valence-electron chi connectivity index (χ1n) is 6.84. The van der Waals surface area contributed by atoms with E-state index in [9.17, 15) is 14.4 Å². The number of para-hydroxylation sites is 1. The molecule has 114 valence electrons. The summed E-state index contributed by atoms with van der Waals surface area (Å²) in [5.74, 6) is -1.42. The van der Waals surface area contributed by atoms with Crippen LogP contribution in [0.3, 0.4) is 0 Å². The number of hydrogen-bond donors (Lipinski definition) is 2. The molecule has 0 aromatic heterocycles. The van der Waals surface area contributed by atoms with Crippen LogP contribution in [0, 0.1) is 6.92 Å². The standard InChI is InChI=1S/C15H20N2O4/c1-3-17(12-8-5-4-7-11(12)2)15(21)16-13(18)9-6-10-14(19)20/h4-5,7-8H,3,6,9-10H2,1-2H3,(H,19,20)(H,16,18,21). The van der Waals surface area contributed by atoms with E-state index in [2.05, 4.69) is 5.32 Å². The summed E-state index contributed by atoms with van der Waals surface area (Å²) in [7, 11) is 0. The van der Waals surface area contributed by atoms with Crippen LogP contribution in [0.4, 0.5) is 10.5 Å². The summed E-state index contributed by atoms with van der Waals surface area (Å²) in [5, 5.41) is 10.8. The number of rotatable bonds is 6. The van der Waals surface area contributed by atoms with Crippen molar-refractivity contribution >= 4 is 23.6 Å². The average molecular weight is 292 g/mol. The maximum Gasteiger partial charge on any atom is 0.328 e. The molecule has 0 fully saturated rings. The monoisotopic (exact) mass is 292 g/mol. The molecule has 2 N–H and O–H groups in total. The lowest BCUT2D eigenvalue weighted by molar-refractivity contribution is -0.137. The minimum Gasteiger partial charge on any atom is -0.481 e.